The molecule has 0 N–H and O–H groups in total. The molecular weight excluding hydrogens is 234 g/mol. The zero-order valence-electron chi connectivity index (χ0n) is 10.3. The SMILES string of the molecule is Cc1cc(C)cc(OCc2cccc(F)c2F)c1. The highest BCUT2D eigenvalue weighted by Gasteiger charge is 2.08. The first-order valence-electron chi connectivity index (χ1n) is 5.70. The number of benzene rings is 2. The minimum Gasteiger partial charge on any atom is -0.489 e. The third-order valence-corrected chi connectivity index (χ3v) is 2.62. The summed E-state index contributed by atoms with van der Waals surface area (Å²) in [5.41, 5.74) is 2.36. The van der Waals surface area contributed by atoms with Crippen LogP contribution >= 0.6 is 0 Å². The van der Waals surface area contributed by atoms with Crippen LogP contribution in [0.15, 0.2) is 36.4 Å². The van der Waals surface area contributed by atoms with Gasteiger partial charge in [0.05, 0.1) is 0 Å². The molecule has 0 saturated heterocycles. The molecule has 94 valence electrons. The lowest BCUT2D eigenvalue weighted by Crippen LogP contribution is -2.00. The van der Waals surface area contributed by atoms with Crippen molar-refractivity contribution < 1.29 is 13.5 Å². The Morgan fingerprint density at radius 2 is 1.67 bits per heavy atom. The highest BCUT2D eigenvalue weighted by atomic mass is 19.2. The van der Waals surface area contributed by atoms with Crippen molar-refractivity contribution in [1.82, 2.24) is 0 Å². The van der Waals surface area contributed by atoms with Crippen LogP contribution in [0.2, 0.25) is 0 Å². The fraction of sp³-hybridized carbons (Fsp3) is 0.200. The van der Waals surface area contributed by atoms with E-state index in [1.807, 2.05) is 32.0 Å². The molecule has 0 aliphatic carbocycles. The molecule has 0 saturated carbocycles. The van der Waals surface area contributed by atoms with Crippen molar-refractivity contribution in [1.29, 1.82) is 0 Å². The first-order chi connectivity index (χ1) is 8.56. The molecule has 2 aromatic rings. The van der Waals surface area contributed by atoms with Crippen molar-refractivity contribution in [2.75, 3.05) is 0 Å². The molecule has 0 fully saturated rings. The van der Waals surface area contributed by atoms with E-state index in [-0.39, 0.29) is 12.2 Å². The van der Waals surface area contributed by atoms with Gasteiger partial charge in [0.2, 0.25) is 0 Å². The van der Waals surface area contributed by atoms with Crippen LogP contribution in [0.5, 0.6) is 5.75 Å². The summed E-state index contributed by atoms with van der Waals surface area (Å²) < 4.78 is 31.9. The topological polar surface area (TPSA) is 9.23 Å². The van der Waals surface area contributed by atoms with Gasteiger partial charge in [-0.25, -0.2) is 8.78 Å². The van der Waals surface area contributed by atoms with E-state index in [0.29, 0.717) is 5.75 Å². The summed E-state index contributed by atoms with van der Waals surface area (Å²) in [6.45, 7) is 3.94. The van der Waals surface area contributed by atoms with E-state index in [2.05, 4.69) is 0 Å². The zero-order chi connectivity index (χ0) is 13.1. The predicted octanol–water partition coefficient (Wildman–Crippen LogP) is 4.16. The van der Waals surface area contributed by atoms with E-state index in [0.717, 1.165) is 17.2 Å². The fourth-order valence-electron chi connectivity index (χ4n) is 1.84. The predicted molar refractivity (Wildman–Crippen MR) is 66.6 cm³/mol. The number of hydrogen-bond acceptors (Lipinski definition) is 1. The Kier molecular flexibility index (Phi) is 3.60. The Bertz CT molecular complexity index is 544. The summed E-state index contributed by atoms with van der Waals surface area (Å²) in [6, 6.07) is 9.83. The number of halogens is 2. The Morgan fingerprint density at radius 3 is 2.33 bits per heavy atom. The molecule has 0 bridgehead atoms. The molecule has 0 aromatic heterocycles. The van der Waals surface area contributed by atoms with Crippen LogP contribution in [0.1, 0.15) is 16.7 Å². The van der Waals surface area contributed by atoms with E-state index in [4.69, 9.17) is 4.74 Å². The summed E-state index contributed by atoms with van der Waals surface area (Å²) in [6.07, 6.45) is 0. The Morgan fingerprint density at radius 1 is 1.00 bits per heavy atom. The quantitative estimate of drug-likeness (QED) is 0.792. The molecule has 0 amide bonds. The van der Waals surface area contributed by atoms with Crippen LogP contribution < -0.4 is 4.74 Å². The van der Waals surface area contributed by atoms with Gasteiger partial charge < -0.3 is 4.74 Å². The Hall–Kier alpha value is -1.90. The van der Waals surface area contributed by atoms with Gasteiger partial charge in [-0.15, -0.1) is 0 Å². The minimum atomic E-state index is -0.850. The third-order valence-electron chi connectivity index (χ3n) is 2.62. The number of hydrogen-bond donors (Lipinski definition) is 0. The summed E-state index contributed by atoms with van der Waals surface area (Å²) >= 11 is 0. The van der Waals surface area contributed by atoms with Crippen molar-refractivity contribution in [3.05, 3.63) is 64.7 Å². The standard InChI is InChI=1S/C15H14F2O/c1-10-6-11(2)8-13(7-10)18-9-12-4-3-5-14(16)15(12)17/h3-8H,9H2,1-2H3. The maximum absolute atomic E-state index is 13.4. The second-order valence-electron chi connectivity index (χ2n) is 4.33. The van der Waals surface area contributed by atoms with Crippen molar-refractivity contribution in [3.63, 3.8) is 0 Å². The fourth-order valence-corrected chi connectivity index (χ4v) is 1.84. The highest BCUT2D eigenvalue weighted by Crippen LogP contribution is 2.19. The smallest absolute Gasteiger partial charge is 0.165 e. The zero-order valence-corrected chi connectivity index (χ0v) is 10.3. The molecule has 2 rings (SSSR count). The molecule has 3 heteroatoms. The molecule has 0 spiro atoms. The van der Waals surface area contributed by atoms with Gasteiger partial charge >= 0.3 is 0 Å². The van der Waals surface area contributed by atoms with Gasteiger partial charge in [-0.2, -0.15) is 0 Å². The van der Waals surface area contributed by atoms with Crippen LogP contribution in [-0.2, 0) is 6.61 Å². The van der Waals surface area contributed by atoms with Gasteiger partial charge in [-0.05, 0) is 43.2 Å². The monoisotopic (exact) mass is 248 g/mol. The van der Waals surface area contributed by atoms with Crippen LogP contribution in [0.3, 0.4) is 0 Å². The normalized spacial score (nSPS) is 10.4. The summed E-state index contributed by atoms with van der Waals surface area (Å²) in [5.74, 6) is -1.03. The Labute approximate surface area is 105 Å². The van der Waals surface area contributed by atoms with Crippen LogP contribution in [0.25, 0.3) is 0 Å². The van der Waals surface area contributed by atoms with Gasteiger partial charge in [0.15, 0.2) is 11.6 Å². The lowest BCUT2D eigenvalue weighted by atomic mass is 10.1. The lowest BCUT2D eigenvalue weighted by Gasteiger charge is -2.09. The molecular formula is C15H14F2O. The number of ether oxygens (including phenoxy) is 1. The second kappa shape index (κ2) is 5.17. The molecule has 0 radical (unpaired) electrons. The summed E-state index contributed by atoms with van der Waals surface area (Å²) in [5, 5.41) is 0. The third kappa shape index (κ3) is 2.86. The highest BCUT2D eigenvalue weighted by molar-refractivity contribution is 5.33. The first kappa shape index (κ1) is 12.6. The summed E-state index contributed by atoms with van der Waals surface area (Å²) in [4.78, 5) is 0. The van der Waals surface area contributed by atoms with Gasteiger partial charge in [0, 0.05) is 5.56 Å². The van der Waals surface area contributed by atoms with Crippen molar-refractivity contribution in [3.8, 4) is 5.75 Å². The minimum absolute atomic E-state index is 0.0203. The molecule has 18 heavy (non-hydrogen) atoms. The van der Waals surface area contributed by atoms with Crippen LogP contribution in [0.4, 0.5) is 8.78 Å². The first-order valence-corrected chi connectivity index (χ1v) is 5.70. The molecule has 0 unspecified atom stereocenters. The van der Waals surface area contributed by atoms with E-state index in [1.54, 1.807) is 0 Å². The van der Waals surface area contributed by atoms with Gasteiger partial charge in [-0.3, -0.25) is 0 Å². The molecule has 0 aliphatic rings. The number of aryl methyl sites for hydroxylation is 2. The Balaban J connectivity index is 2.14. The van der Waals surface area contributed by atoms with E-state index >= 15 is 0 Å². The molecule has 0 atom stereocenters. The van der Waals surface area contributed by atoms with Crippen LogP contribution in [-0.4, -0.2) is 0 Å². The van der Waals surface area contributed by atoms with E-state index in [9.17, 15) is 8.78 Å². The molecule has 2 aromatic carbocycles. The maximum atomic E-state index is 13.4. The largest absolute Gasteiger partial charge is 0.489 e. The average Bonchev–Trinajstić information content (AvgIpc) is 2.30. The van der Waals surface area contributed by atoms with E-state index in [1.165, 1.54) is 12.1 Å². The number of rotatable bonds is 3. The molecule has 0 aliphatic heterocycles. The van der Waals surface area contributed by atoms with Crippen molar-refractivity contribution in [2.45, 2.75) is 20.5 Å². The van der Waals surface area contributed by atoms with Crippen LogP contribution in [0, 0.1) is 25.5 Å². The molecule has 1 nitrogen and oxygen atoms in total. The van der Waals surface area contributed by atoms with Gasteiger partial charge in [0.1, 0.15) is 12.4 Å². The van der Waals surface area contributed by atoms with Crippen molar-refractivity contribution in [2.24, 2.45) is 0 Å². The lowest BCUT2D eigenvalue weighted by molar-refractivity contribution is 0.297. The average molecular weight is 248 g/mol. The van der Waals surface area contributed by atoms with Gasteiger partial charge in [0.25, 0.3) is 0 Å². The van der Waals surface area contributed by atoms with E-state index < -0.39 is 11.6 Å². The van der Waals surface area contributed by atoms with Crippen molar-refractivity contribution >= 4 is 0 Å². The molecule has 0 heterocycles. The summed E-state index contributed by atoms with van der Waals surface area (Å²) in [7, 11) is 0. The van der Waals surface area contributed by atoms with Gasteiger partial charge in [-0.1, -0.05) is 18.2 Å². The maximum Gasteiger partial charge on any atom is 0.165 e. The second-order valence-corrected chi connectivity index (χ2v) is 4.33.